The van der Waals surface area contributed by atoms with E-state index in [1.54, 1.807) is 0 Å². The summed E-state index contributed by atoms with van der Waals surface area (Å²) >= 11 is 0. The highest BCUT2D eigenvalue weighted by Gasteiger charge is 2.14. The quantitative estimate of drug-likeness (QED) is 0.191. The molecule has 0 unspecified atom stereocenters. The Hall–Kier alpha value is -5.40. The van der Waals surface area contributed by atoms with E-state index in [-0.39, 0.29) is 0 Å². The minimum absolute atomic E-state index is 1.12. The van der Waals surface area contributed by atoms with Crippen molar-refractivity contribution in [2.45, 2.75) is 6.92 Å². The van der Waals surface area contributed by atoms with E-state index in [1.165, 1.54) is 49.4 Å². The SMILES string of the molecule is C/C(=C/c1ccc2ccccc2c1)c1ccc(N(c2cccc(-c3ccccc3)c2)c2ccc3ccccc3c2)cc1. The van der Waals surface area contributed by atoms with Gasteiger partial charge in [-0.05, 0) is 98.8 Å². The van der Waals surface area contributed by atoms with Crippen LogP contribution in [0.5, 0.6) is 0 Å². The number of hydrogen-bond donors (Lipinski definition) is 0. The van der Waals surface area contributed by atoms with E-state index in [0.29, 0.717) is 0 Å². The van der Waals surface area contributed by atoms with Crippen LogP contribution in [-0.4, -0.2) is 0 Å². The molecule has 0 aromatic heterocycles. The number of anilines is 3. The van der Waals surface area contributed by atoms with Gasteiger partial charge in [-0.15, -0.1) is 0 Å². The van der Waals surface area contributed by atoms with E-state index in [4.69, 9.17) is 0 Å². The molecule has 0 spiro atoms. The topological polar surface area (TPSA) is 3.24 Å². The van der Waals surface area contributed by atoms with Crippen molar-refractivity contribution in [1.29, 1.82) is 0 Å². The second kappa shape index (κ2) is 11.2. The van der Waals surface area contributed by atoms with Gasteiger partial charge in [0.05, 0.1) is 0 Å². The van der Waals surface area contributed by atoms with Crippen molar-refractivity contribution < 1.29 is 0 Å². The van der Waals surface area contributed by atoms with Crippen LogP contribution in [0.1, 0.15) is 18.1 Å². The molecule has 7 rings (SSSR count). The smallest absolute Gasteiger partial charge is 0.0468 e. The van der Waals surface area contributed by atoms with Crippen molar-refractivity contribution in [1.82, 2.24) is 0 Å². The lowest BCUT2D eigenvalue weighted by Gasteiger charge is -2.26. The van der Waals surface area contributed by atoms with Gasteiger partial charge in [0.15, 0.2) is 0 Å². The Morgan fingerprint density at radius 3 is 1.74 bits per heavy atom. The van der Waals surface area contributed by atoms with Crippen molar-refractivity contribution in [2.75, 3.05) is 4.90 Å². The Balaban J connectivity index is 1.28. The third-order valence-corrected chi connectivity index (χ3v) is 7.94. The summed E-state index contributed by atoms with van der Waals surface area (Å²) in [7, 11) is 0. The molecule has 0 N–H and O–H groups in total. The summed E-state index contributed by atoms with van der Waals surface area (Å²) in [6, 6.07) is 58.7. The molecular weight excluding hydrogens is 506 g/mol. The summed E-state index contributed by atoms with van der Waals surface area (Å²) in [6.45, 7) is 2.19. The summed E-state index contributed by atoms with van der Waals surface area (Å²) < 4.78 is 0. The summed E-state index contributed by atoms with van der Waals surface area (Å²) in [6.07, 6.45) is 2.27. The van der Waals surface area contributed by atoms with Gasteiger partial charge in [0.25, 0.3) is 0 Å². The van der Waals surface area contributed by atoms with Crippen molar-refractivity contribution in [3.63, 3.8) is 0 Å². The maximum Gasteiger partial charge on any atom is 0.0468 e. The fraction of sp³-hybridized carbons (Fsp3) is 0.0244. The van der Waals surface area contributed by atoms with Crippen LogP contribution in [0, 0.1) is 0 Å². The molecular formula is C41H31N. The van der Waals surface area contributed by atoms with Crippen LogP contribution in [0.4, 0.5) is 17.1 Å². The van der Waals surface area contributed by atoms with Gasteiger partial charge in [-0.1, -0.05) is 127 Å². The van der Waals surface area contributed by atoms with Gasteiger partial charge in [-0.25, -0.2) is 0 Å². The summed E-state index contributed by atoms with van der Waals surface area (Å²) in [4.78, 5) is 2.35. The molecule has 0 saturated heterocycles. The van der Waals surface area contributed by atoms with Gasteiger partial charge in [0, 0.05) is 17.1 Å². The molecule has 1 nitrogen and oxygen atoms in total. The van der Waals surface area contributed by atoms with Gasteiger partial charge in [0.1, 0.15) is 0 Å². The van der Waals surface area contributed by atoms with Crippen LogP contribution in [0.3, 0.4) is 0 Å². The molecule has 0 radical (unpaired) electrons. The first-order valence-electron chi connectivity index (χ1n) is 14.4. The molecule has 7 aromatic carbocycles. The first kappa shape index (κ1) is 25.6. The normalized spacial score (nSPS) is 11.6. The van der Waals surface area contributed by atoms with Crippen LogP contribution < -0.4 is 4.90 Å². The van der Waals surface area contributed by atoms with Crippen LogP contribution in [-0.2, 0) is 0 Å². The molecule has 7 aromatic rings. The second-order valence-corrected chi connectivity index (χ2v) is 10.8. The van der Waals surface area contributed by atoms with Crippen LogP contribution in [0.2, 0.25) is 0 Å². The molecule has 200 valence electrons. The first-order chi connectivity index (χ1) is 20.7. The van der Waals surface area contributed by atoms with Crippen molar-refractivity contribution in [3.8, 4) is 11.1 Å². The highest BCUT2D eigenvalue weighted by molar-refractivity contribution is 5.91. The Morgan fingerprint density at radius 2 is 1.00 bits per heavy atom. The summed E-state index contributed by atoms with van der Waals surface area (Å²) in [5.74, 6) is 0. The fourth-order valence-corrected chi connectivity index (χ4v) is 5.72. The second-order valence-electron chi connectivity index (χ2n) is 10.8. The van der Waals surface area contributed by atoms with Gasteiger partial charge >= 0.3 is 0 Å². The first-order valence-corrected chi connectivity index (χ1v) is 14.4. The molecule has 0 amide bonds. The molecule has 1 heteroatoms. The Bertz CT molecular complexity index is 2030. The third kappa shape index (κ3) is 5.21. The largest absolute Gasteiger partial charge is 0.310 e. The van der Waals surface area contributed by atoms with E-state index in [1.807, 2.05) is 0 Å². The summed E-state index contributed by atoms with van der Waals surface area (Å²) in [5, 5.41) is 4.99. The van der Waals surface area contributed by atoms with Crippen LogP contribution in [0.25, 0.3) is 44.3 Å². The van der Waals surface area contributed by atoms with E-state index in [0.717, 1.165) is 17.1 Å². The average Bonchev–Trinajstić information content (AvgIpc) is 3.06. The predicted octanol–water partition coefficient (Wildman–Crippen LogP) is 11.7. The minimum atomic E-state index is 1.12. The van der Waals surface area contributed by atoms with E-state index < -0.39 is 0 Å². The zero-order valence-electron chi connectivity index (χ0n) is 23.6. The molecule has 0 atom stereocenters. The highest BCUT2D eigenvalue weighted by atomic mass is 15.1. The number of nitrogens with zero attached hydrogens (tertiary/aromatic N) is 1. The standard InChI is InChI=1S/C41H31N/c1-30(26-31-18-19-34-12-5-7-14-36(34)27-31)32-20-23-39(24-21-32)42(41-25-22-35-13-6-8-15-37(35)29-41)40-17-9-16-38(28-40)33-10-3-2-4-11-33/h2-29H,1H3/b30-26-. The molecule has 0 fully saturated rings. The number of allylic oxidation sites excluding steroid dienone is 1. The lowest BCUT2D eigenvalue weighted by molar-refractivity contribution is 1.29. The van der Waals surface area contributed by atoms with Crippen LogP contribution in [0.15, 0.2) is 164 Å². The zero-order chi connectivity index (χ0) is 28.3. The number of hydrogen-bond acceptors (Lipinski definition) is 1. The van der Waals surface area contributed by atoms with Gasteiger partial charge in [-0.3, -0.25) is 0 Å². The minimum Gasteiger partial charge on any atom is -0.310 e. The van der Waals surface area contributed by atoms with Crippen molar-refractivity contribution in [2.24, 2.45) is 0 Å². The maximum atomic E-state index is 2.35. The molecule has 0 heterocycles. The Labute approximate surface area is 247 Å². The van der Waals surface area contributed by atoms with Crippen molar-refractivity contribution >= 4 is 50.3 Å². The predicted molar refractivity (Wildman–Crippen MR) is 182 cm³/mol. The monoisotopic (exact) mass is 537 g/mol. The number of benzene rings is 7. The highest BCUT2D eigenvalue weighted by Crippen LogP contribution is 2.38. The lowest BCUT2D eigenvalue weighted by Crippen LogP contribution is -2.10. The Morgan fingerprint density at radius 1 is 0.429 bits per heavy atom. The summed E-state index contributed by atoms with van der Waals surface area (Å²) in [5.41, 5.74) is 9.46. The fourth-order valence-electron chi connectivity index (χ4n) is 5.72. The molecule has 0 bridgehead atoms. The van der Waals surface area contributed by atoms with E-state index >= 15 is 0 Å². The molecule has 42 heavy (non-hydrogen) atoms. The zero-order valence-corrected chi connectivity index (χ0v) is 23.6. The number of fused-ring (bicyclic) bond motifs is 2. The average molecular weight is 538 g/mol. The maximum absolute atomic E-state index is 2.35. The van der Waals surface area contributed by atoms with Gasteiger partial charge in [-0.2, -0.15) is 0 Å². The van der Waals surface area contributed by atoms with Crippen molar-refractivity contribution in [3.05, 3.63) is 175 Å². The van der Waals surface area contributed by atoms with Crippen LogP contribution >= 0.6 is 0 Å². The molecule has 0 aliphatic carbocycles. The lowest BCUT2D eigenvalue weighted by atomic mass is 10.0. The van der Waals surface area contributed by atoms with Gasteiger partial charge in [0.2, 0.25) is 0 Å². The van der Waals surface area contributed by atoms with E-state index in [2.05, 4.69) is 182 Å². The van der Waals surface area contributed by atoms with E-state index in [9.17, 15) is 0 Å². The number of rotatable bonds is 6. The molecule has 0 aliphatic heterocycles. The third-order valence-electron chi connectivity index (χ3n) is 7.94. The molecule has 0 saturated carbocycles. The molecule has 0 aliphatic rings. The van der Waals surface area contributed by atoms with Gasteiger partial charge < -0.3 is 4.90 Å². The Kier molecular flexibility index (Phi) is 6.84.